The molecule has 1 aromatic rings. The number of hydrogen-bond donors (Lipinski definition) is 0. The largest absolute Gasteiger partial charge is 0.508 e. The van der Waals surface area contributed by atoms with E-state index in [2.05, 4.69) is 6.58 Å². The summed E-state index contributed by atoms with van der Waals surface area (Å²) >= 11 is 0. The van der Waals surface area contributed by atoms with Gasteiger partial charge in [0.25, 0.3) is 0 Å². The van der Waals surface area contributed by atoms with Crippen LogP contribution in [0.1, 0.15) is 32.3 Å². The van der Waals surface area contributed by atoms with Crippen molar-refractivity contribution >= 4 is 12.3 Å². The Labute approximate surface area is 177 Å². The molecule has 0 aliphatic carbocycles. The fourth-order valence-corrected chi connectivity index (χ4v) is 2.75. The van der Waals surface area contributed by atoms with Gasteiger partial charge < -0.3 is 28.4 Å². The molecule has 2 aliphatic heterocycles. The third-order valence-corrected chi connectivity index (χ3v) is 5.00. The van der Waals surface area contributed by atoms with Gasteiger partial charge in [-0.1, -0.05) is 50.3 Å². The van der Waals surface area contributed by atoms with Crippen LogP contribution >= 0.6 is 0 Å². The Bertz CT molecular complexity index is 662. The first-order valence-corrected chi connectivity index (χ1v) is 9.98. The predicted molar refractivity (Wildman–Crippen MR) is 108 cm³/mol. The minimum absolute atomic E-state index is 0.259. The molecule has 0 aromatic heterocycles. The maximum Gasteiger partial charge on any atom is 0.508 e. The first-order valence-electron chi connectivity index (χ1n) is 9.98. The van der Waals surface area contributed by atoms with Crippen molar-refractivity contribution in [3.8, 4) is 0 Å². The van der Waals surface area contributed by atoms with Crippen molar-refractivity contribution in [1.29, 1.82) is 0 Å². The van der Waals surface area contributed by atoms with E-state index in [0.29, 0.717) is 13.2 Å². The van der Waals surface area contributed by atoms with Crippen LogP contribution < -0.4 is 0 Å². The fourth-order valence-electron chi connectivity index (χ4n) is 2.75. The summed E-state index contributed by atoms with van der Waals surface area (Å²) in [7, 11) is 0. The van der Waals surface area contributed by atoms with Crippen molar-refractivity contribution in [2.75, 3.05) is 33.0 Å². The molecule has 166 valence electrons. The molecule has 0 N–H and O–H groups in total. The quantitative estimate of drug-likeness (QED) is 0.458. The summed E-state index contributed by atoms with van der Waals surface area (Å²) in [5, 5.41) is 0. The molecule has 3 rings (SSSR count). The van der Waals surface area contributed by atoms with E-state index in [4.69, 9.17) is 28.4 Å². The van der Waals surface area contributed by atoms with Gasteiger partial charge in [-0.3, -0.25) is 0 Å². The fraction of sp³-hybridized carbons (Fsp3) is 0.545. The van der Waals surface area contributed by atoms with Gasteiger partial charge in [0.1, 0.15) is 37.6 Å². The maximum atomic E-state index is 10.8. The van der Waals surface area contributed by atoms with Crippen molar-refractivity contribution in [2.45, 2.75) is 44.5 Å². The predicted octanol–water partition coefficient (Wildman–Crippen LogP) is 4.02. The smallest absolute Gasteiger partial charge is 0.431 e. The van der Waals surface area contributed by atoms with Gasteiger partial charge in [-0.2, -0.15) is 0 Å². The van der Waals surface area contributed by atoms with Gasteiger partial charge in [0.2, 0.25) is 0 Å². The van der Waals surface area contributed by atoms with Crippen LogP contribution in [0.2, 0.25) is 0 Å². The molecule has 0 atom stereocenters. The van der Waals surface area contributed by atoms with Crippen LogP contribution in [0.5, 0.6) is 0 Å². The Balaban J connectivity index is 0.000000222. The molecule has 8 nitrogen and oxygen atoms in total. The molecule has 8 heteroatoms. The van der Waals surface area contributed by atoms with Crippen molar-refractivity contribution in [1.82, 2.24) is 0 Å². The summed E-state index contributed by atoms with van der Waals surface area (Å²) in [6, 6.07) is 9.89. The zero-order valence-corrected chi connectivity index (χ0v) is 17.6. The summed E-state index contributed by atoms with van der Waals surface area (Å²) in [6.07, 6.45) is 1.92. The average molecular weight is 422 g/mol. The Kier molecular flexibility index (Phi) is 9.14. The number of carbonyl (C=O) groups excluding carboxylic acids is 2. The van der Waals surface area contributed by atoms with Gasteiger partial charge in [-0.05, 0) is 18.4 Å². The number of cyclic esters (lactones) is 4. The van der Waals surface area contributed by atoms with Gasteiger partial charge in [-0.25, -0.2) is 9.59 Å². The van der Waals surface area contributed by atoms with E-state index < -0.39 is 23.5 Å². The summed E-state index contributed by atoms with van der Waals surface area (Å²) in [5.41, 5.74) is 0.100. The van der Waals surface area contributed by atoms with E-state index in [0.717, 1.165) is 18.4 Å². The summed E-state index contributed by atoms with van der Waals surface area (Å²) in [5.74, 6) is 0. The SMILES string of the molecule is C=CCOC1(CC)COC(=O)OC1.CCC1(OCc2ccccc2)COC(=O)OC1. The van der Waals surface area contributed by atoms with Gasteiger partial charge >= 0.3 is 12.3 Å². The number of carbonyl (C=O) groups is 2. The number of ether oxygens (including phenoxy) is 6. The lowest BCUT2D eigenvalue weighted by Gasteiger charge is -2.34. The summed E-state index contributed by atoms with van der Waals surface area (Å²) in [6.45, 7) is 9.48. The molecule has 2 fully saturated rings. The molecule has 0 saturated carbocycles. The van der Waals surface area contributed by atoms with Crippen molar-refractivity contribution in [3.63, 3.8) is 0 Å². The second-order valence-electron chi connectivity index (χ2n) is 7.10. The Morgan fingerprint density at radius 3 is 1.77 bits per heavy atom. The summed E-state index contributed by atoms with van der Waals surface area (Å²) < 4.78 is 30.6. The first-order chi connectivity index (χ1) is 14.5. The Morgan fingerprint density at radius 2 is 1.33 bits per heavy atom. The molecule has 1 aromatic carbocycles. The van der Waals surface area contributed by atoms with Gasteiger partial charge in [0.15, 0.2) is 0 Å². The Hall–Kier alpha value is -2.58. The standard InChI is InChI=1S/C13H16O4.C9H14O4/c1-2-13(9-15-12(14)16-10-13)17-8-11-6-4-3-5-7-11;1-3-5-13-9(4-2)6-11-8(10)12-7-9/h3-7H,2,8-10H2,1H3;3H,1,4-7H2,2H3. The summed E-state index contributed by atoms with van der Waals surface area (Å²) in [4.78, 5) is 21.5. The minimum Gasteiger partial charge on any atom is -0.431 e. The van der Waals surface area contributed by atoms with Crippen LogP contribution in [0.15, 0.2) is 43.0 Å². The number of rotatable bonds is 8. The van der Waals surface area contributed by atoms with Gasteiger partial charge in [-0.15, -0.1) is 6.58 Å². The highest BCUT2D eigenvalue weighted by molar-refractivity contribution is 5.61. The van der Waals surface area contributed by atoms with Crippen LogP contribution in [-0.4, -0.2) is 56.5 Å². The van der Waals surface area contributed by atoms with E-state index in [9.17, 15) is 9.59 Å². The van der Waals surface area contributed by atoms with E-state index in [1.165, 1.54) is 0 Å². The van der Waals surface area contributed by atoms with Gasteiger partial charge in [0, 0.05) is 0 Å². The van der Waals surface area contributed by atoms with Gasteiger partial charge in [0.05, 0.1) is 13.2 Å². The zero-order chi connectivity index (χ0) is 21.9. The maximum absolute atomic E-state index is 10.8. The van der Waals surface area contributed by atoms with Crippen LogP contribution in [0.25, 0.3) is 0 Å². The second-order valence-corrected chi connectivity index (χ2v) is 7.10. The van der Waals surface area contributed by atoms with Crippen LogP contribution in [0.4, 0.5) is 9.59 Å². The molecule has 0 spiro atoms. The highest BCUT2D eigenvalue weighted by atomic mass is 16.8. The minimum atomic E-state index is -0.619. The van der Waals surface area contributed by atoms with Crippen molar-refractivity contribution in [3.05, 3.63) is 48.6 Å². The van der Waals surface area contributed by atoms with E-state index in [1.54, 1.807) is 6.08 Å². The number of benzene rings is 1. The third kappa shape index (κ3) is 7.03. The molecule has 30 heavy (non-hydrogen) atoms. The van der Waals surface area contributed by atoms with Crippen LogP contribution in [0.3, 0.4) is 0 Å². The molecule has 0 unspecified atom stereocenters. The highest BCUT2D eigenvalue weighted by Gasteiger charge is 2.38. The normalized spacial score (nSPS) is 19.1. The molecule has 2 saturated heterocycles. The topological polar surface area (TPSA) is 89.5 Å². The molecule has 0 amide bonds. The molecular formula is C22H30O8. The van der Waals surface area contributed by atoms with E-state index >= 15 is 0 Å². The lowest BCUT2D eigenvalue weighted by atomic mass is 10.0. The molecule has 0 radical (unpaired) electrons. The first kappa shape index (κ1) is 23.7. The molecule has 2 aliphatic rings. The second kappa shape index (κ2) is 11.6. The number of hydrogen-bond acceptors (Lipinski definition) is 8. The van der Waals surface area contributed by atoms with Crippen molar-refractivity contribution in [2.24, 2.45) is 0 Å². The van der Waals surface area contributed by atoms with Crippen LogP contribution in [-0.2, 0) is 35.0 Å². The van der Waals surface area contributed by atoms with E-state index in [-0.39, 0.29) is 26.4 Å². The van der Waals surface area contributed by atoms with Crippen molar-refractivity contribution < 1.29 is 38.0 Å². The average Bonchev–Trinajstić information content (AvgIpc) is 2.80. The van der Waals surface area contributed by atoms with Crippen LogP contribution in [0, 0.1) is 0 Å². The molecule has 2 heterocycles. The Morgan fingerprint density at radius 1 is 0.867 bits per heavy atom. The molecule has 0 bridgehead atoms. The monoisotopic (exact) mass is 422 g/mol. The highest BCUT2D eigenvalue weighted by Crippen LogP contribution is 2.23. The zero-order valence-electron chi connectivity index (χ0n) is 17.6. The third-order valence-electron chi connectivity index (χ3n) is 5.00. The lowest BCUT2D eigenvalue weighted by Crippen LogP contribution is -2.47. The molecular weight excluding hydrogens is 392 g/mol. The lowest BCUT2D eigenvalue weighted by molar-refractivity contribution is -0.159. The van der Waals surface area contributed by atoms with E-state index in [1.807, 2.05) is 44.2 Å².